The third-order valence-electron chi connectivity index (χ3n) is 5.76. The van der Waals surface area contributed by atoms with Crippen molar-refractivity contribution in [2.45, 2.75) is 57.0 Å². The van der Waals surface area contributed by atoms with Gasteiger partial charge >= 0.3 is 0 Å². The first kappa shape index (κ1) is 17.5. The zero-order valence-electron chi connectivity index (χ0n) is 14.4. The van der Waals surface area contributed by atoms with E-state index in [1.54, 1.807) is 0 Å². The van der Waals surface area contributed by atoms with E-state index in [9.17, 15) is 0 Å². The Morgan fingerprint density at radius 1 is 0.750 bits per heavy atom. The summed E-state index contributed by atoms with van der Waals surface area (Å²) in [4.78, 5) is 2.78. The van der Waals surface area contributed by atoms with Crippen LogP contribution in [-0.2, 0) is 12.8 Å². The smallest absolute Gasteiger partial charge is 0.0351 e. The zero-order valence-corrected chi connectivity index (χ0v) is 15.2. The molecule has 2 atom stereocenters. The molecule has 1 nitrogen and oxygen atoms in total. The van der Waals surface area contributed by atoms with E-state index in [4.69, 9.17) is 0 Å². The van der Waals surface area contributed by atoms with E-state index in [0.29, 0.717) is 6.04 Å². The number of piperidine rings is 1. The van der Waals surface area contributed by atoms with Gasteiger partial charge in [-0.1, -0.05) is 61.0 Å². The van der Waals surface area contributed by atoms with Gasteiger partial charge in [0.2, 0.25) is 0 Å². The number of hydrogen-bond donors (Lipinski definition) is 0. The molecular weight excluding hydrogens is 314 g/mol. The van der Waals surface area contributed by atoms with Crippen molar-refractivity contribution in [1.29, 1.82) is 0 Å². The van der Waals surface area contributed by atoms with Gasteiger partial charge in [0.25, 0.3) is 0 Å². The van der Waals surface area contributed by atoms with E-state index in [-0.39, 0.29) is 12.4 Å². The third kappa shape index (κ3) is 3.84. The maximum atomic E-state index is 2.78. The van der Waals surface area contributed by atoms with Crippen LogP contribution >= 0.6 is 12.4 Å². The van der Waals surface area contributed by atoms with Gasteiger partial charge in [-0.25, -0.2) is 0 Å². The SMILES string of the molecule is Cl.c1ccc(CCc2ccc([C@@H]3CC[C@H]4CCCCN43)cc2)cc1. The molecule has 0 bridgehead atoms. The van der Waals surface area contributed by atoms with E-state index in [1.807, 2.05) is 0 Å². The summed E-state index contributed by atoms with van der Waals surface area (Å²) in [6, 6.07) is 21.9. The summed E-state index contributed by atoms with van der Waals surface area (Å²) < 4.78 is 0. The van der Waals surface area contributed by atoms with Crippen LogP contribution in [-0.4, -0.2) is 17.5 Å². The minimum absolute atomic E-state index is 0. The summed E-state index contributed by atoms with van der Waals surface area (Å²) in [5.41, 5.74) is 4.44. The highest BCUT2D eigenvalue weighted by Gasteiger charge is 2.35. The quantitative estimate of drug-likeness (QED) is 0.701. The first-order chi connectivity index (χ1) is 11.4. The number of halogens is 1. The standard InChI is InChI=1S/C22H27N.ClH/c1-2-6-18(7-3-1)9-10-19-11-13-20(14-12-19)22-16-15-21-8-4-5-17-23(21)22;/h1-3,6-7,11-14,21-22H,4-5,8-10,15-17H2;1H/t21-,22+;/m1./s1. The van der Waals surface area contributed by atoms with Gasteiger partial charge in [-0.3, -0.25) is 4.90 Å². The van der Waals surface area contributed by atoms with Gasteiger partial charge in [0.1, 0.15) is 0 Å². The fourth-order valence-electron chi connectivity index (χ4n) is 4.46. The number of rotatable bonds is 4. The second kappa shape index (κ2) is 8.18. The number of benzene rings is 2. The molecule has 2 heteroatoms. The normalized spacial score (nSPS) is 23.5. The predicted molar refractivity (Wildman–Crippen MR) is 104 cm³/mol. The Bertz CT molecular complexity index is 622. The fraction of sp³-hybridized carbons (Fsp3) is 0.455. The van der Waals surface area contributed by atoms with Gasteiger partial charge in [-0.2, -0.15) is 0 Å². The van der Waals surface area contributed by atoms with Gasteiger partial charge in [0.05, 0.1) is 0 Å². The van der Waals surface area contributed by atoms with E-state index in [2.05, 4.69) is 59.5 Å². The summed E-state index contributed by atoms with van der Waals surface area (Å²) >= 11 is 0. The van der Waals surface area contributed by atoms with E-state index < -0.39 is 0 Å². The molecule has 2 aliphatic heterocycles. The summed E-state index contributed by atoms with van der Waals surface area (Å²) in [5.74, 6) is 0. The molecule has 0 saturated carbocycles. The van der Waals surface area contributed by atoms with Crippen molar-refractivity contribution in [3.05, 3.63) is 71.3 Å². The molecule has 2 aromatic rings. The Morgan fingerprint density at radius 3 is 2.21 bits per heavy atom. The third-order valence-corrected chi connectivity index (χ3v) is 5.76. The van der Waals surface area contributed by atoms with Crippen LogP contribution in [0.25, 0.3) is 0 Å². The second-order valence-corrected chi connectivity index (χ2v) is 7.21. The van der Waals surface area contributed by atoms with Crippen molar-refractivity contribution in [3.8, 4) is 0 Å². The molecule has 128 valence electrons. The highest BCUT2D eigenvalue weighted by atomic mass is 35.5. The minimum Gasteiger partial charge on any atom is -0.293 e. The lowest BCUT2D eigenvalue weighted by Gasteiger charge is -2.34. The van der Waals surface area contributed by atoms with Crippen LogP contribution in [0.1, 0.15) is 54.8 Å². The molecule has 2 aromatic carbocycles. The van der Waals surface area contributed by atoms with Gasteiger partial charge < -0.3 is 0 Å². The Hall–Kier alpha value is -1.31. The fourth-order valence-corrected chi connectivity index (χ4v) is 4.46. The molecular formula is C22H28ClN. The van der Waals surface area contributed by atoms with E-state index in [1.165, 1.54) is 55.3 Å². The van der Waals surface area contributed by atoms with Crippen molar-refractivity contribution in [3.63, 3.8) is 0 Å². The minimum atomic E-state index is 0. The predicted octanol–water partition coefficient (Wildman–Crippen LogP) is 5.58. The number of aryl methyl sites for hydroxylation is 2. The Balaban J connectivity index is 0.00000169. The molecule has 0 aliphatic carbocycles. The number of hydrogen-bond acceptors (Lipinski definition) is 1. The molecule has 2 aliphatic rings. The van der Waals surface area contributed by atoms with Crippen LogP contribution in [0.4, 0.5) is 0 Å². The molecule has 2 saturated heterocycles. The summed E-state index contributed by atoms with van der Waals surface area (Å²) in [6.07, 6.45) is 9.29. The van der Waals surface area contributed by atoms with Crippen molar-refractivity contribution in [1.82, 2.24) is 4.90 Å². The molecule has 0 spiro atoms. The average molecular weight is 342 g/mol. The Kier molecular flexibility index (Phi) is 5.97. The van der Waals surface area contributed by atoms with E-state index in [0.717, 1.165) is 18.9 Å². The molecule has 0 amide bonds. The van der Waals surface area contributed by atoms with Crippen molar-refractivity contribution in [2.24, 2.45) is 0 Å². The lowest BCUT2D eigenvalue weighted by atomic mass is 9.99. The van der Waals surface area contributed by atoms with Crippen molar-refractivity contribution >= 4 is 12.4 Å². The van der Waals surface area contributed by atoms with Crippen LogP contribution in [0.3, 0.4) is 0 Å². The molecule has 0 aromatic heterocycles. The average Bonchev–Trinajstić information content (AvgIpc) is 3.05. The highest BCUT2D eigenvalue weighted by molar-refractivity contribution is 5.85. The maximum Gasteiger partial charge on any atom is 0.0351 e. The van der Waals surface area contributed by atoms with Crippen LogP contribution in [0.2, 0.25) is 0 Å². The largest absolute Gasteiger partial charge is 0.293 e. The van der Waals surface area contributed by atoms with Crippen LogP contribution in [0, 0.1) is 0 Å². The monoisotopic (exact) mass is 341 g/mol. The lowest BCUT2D eigenvalue weighted by molar-refractivity contribution is 0.150. The van der Waals surface area contributed by atoms with Crippen molar-refractivity contribution < 1.29 is 0 Å². The van der Waals surface area contributed by atoms with Crippen molar-refractivity contribution in [2.75, 3.05) is 6.54 Å². The molecule has 24 heavy (non-hydrogen) atoms. The maximum absolute atomic E-state index is 2.78. The lowest BCUT2D eigenvalue weighted by Crippen LogP contribution is -2.35. The number of fused-ring (bicyclic) bond motifs is 1. The molecule has 0 unspecified atom stereocenters. The second-order valence-electron chi connectivity index (χ2n) is 7.21. The Morgan fingerprint density at radius 2 is 1.46 bits per heavy atom. The van der Waals surface area contributed by atoms with E-state index >= 15 is 0 Å². The zero-order chi connectivity index (χ0) is 15.5. The highest BCUT2D eigenvalue weighted by Crippen LogP contribution is 2.40. The Labute approximate surface area is 152 Å². The first-order valence-electron chi connectivity index (χ1n) is 9.29. The number of nitrogens with zero attached hydrogens (tertiary/aromatic N) is 1. The van der Waals surface area contributed by atoms with Gasteiger partial charge in [-0.15, -0.1) is 12.4 Å². The first-order valence-corrected chi connectivity index (χ1v) is 9.29. The molecule has 0 radical (unpaired) electrons. The van der Waals surface area contributed by atoms with Crippen LogP contribution < -0.4 is 0 Å². The molecule has 2 heterocycles. The summed E-state index contributed by atoms with van der Waals surface area (Å²) in [6.45, 7) is 1.31. The van der Waals surface area contributed by atoms with Gasteiger partial charge in [0.15, 0.2) is 0 Å². The van der Waals surface area contributed by atoms with Gasteiger partial charge in [0, 0.05) is 12.1 Å². The van der Waals surface area contributed by atoms with Crippen LogP contribution in [0.5, 0.6) is 0 Å². The summed E-state index contributed by atoms with van der Waals surface area (Å²) in [7, 11) is 0. The summed E-state index contributed by atoms with van der Waals surface area (Å²) in [5, 5.41) is 0. The van der Waals surface area contributed by atoms with Gasteiger partial charge in [-0.05, 0) is 61.8 Å². The molecule has 4 rings (SSSR count). The topological polar surface area (TPSA) is 3.24 Å². The van der Waals surface area contributed by atoms with Crippen LogP contribution in [0.15, 0.2) is 54.6 Å². The molecule has 0 N–H and O–H groups in total. The molecule has 2 fully saturated rings.